The van der Waals surface area contributed by atoms with Crippen LogP contribution in [0.1, 0.15) is 30.7 Å². The van der Waals surface area contributed by atoms with Gasteiger partial charge in [-0.2, -0.15) is 0 Å². The SMILES string of the molecule is CCc1c(C)nc2n(c1=O)CC(C(=O)N(CC)c1ccccc1C)CS2. The van der Waals surface area contributed by atoms with Gasteiger partial charge >= 0.3 is 0 Å². The first-order valence-electron chi connectivity index (χ1n) is 9.08. The fourth-order valence-electron chi connectivity index (χ4n) is 3.48. The van der Waals surface area contributed by atoms with Crippen LogP contribution in [0.4, 0.5) is 5.69 Å². The fraction of sp³-hybridized carbons (Fsp3) is 0.450. The highest BCUT2D eigenvalue weighted by molar-refractivity contribution is 7.99. The quantitative estimate of drug-likeness (QED) is 0.775. The lowest BCUT2D eigenvalue weighted by Gasteiger charge is -2.30. The zero-order chi connectivity index (χ0) is 18.8. The molecule has 1 aromatic heterocycles. The van der Waals surface area contributed by atoms with Gasteiger partial charge in [-0.1, -0.05) is 36.9 Å². The van der Waals surface area contributed by atoms with Gasteiger partial charge in [0.2, 0.25) is 5.91 Å². The second kappa shape index (κ2) is 7.66. The van der Waals surface area contributed by atoms with Gasteiger partial charge in [-0.25, -0.2) is 4.98 Å². The van der Waals surface area contributed by atoms with Gasteiger partial charge in [-0.05, 0) is 38.8 Å². The minimum Gasteiger partial charge on any atom is -0.312 e. The molecule has 0 radical (unpaired) electrons. The van der Waals surface area contributed by atoms with Crippen molar-refractivity contribution in [1.82, 2.24) is 9.55 Å². The van der Waals surface area contributed by atoms with Crippen LogP contribution in [0.2, 0.25) is 0 Å². The molecule has 0 bridgehead atoms. The Bertz CT molecular complexity index is 891. The minimum absolute atomic E-state index is 0.000981. The van der Waals surface area contributed by atoms with Crippen molar-refractivity contribution in [3.63, 3.8) is 0 Å². The van der Waals surface area contributed by atoms with E-state index >= 15 is 0 Å². The normalized spacial score (nSPS) is 16.2. The molecule has 2 aromatic rings. The van der Waals surface area contributed by atoms with Crippen molar-refractivity contribution in [2.75, 3.05) is 17.2 Å². The molecule has 0 spiro atoms. The van der Waals surface area contributed by atoms with Crippen LogP contribution in [-0.4, -0.2) is 27.8 Å². The molecule has 3 rings (SSSR count). The smallest absolute Gasteiger partial charge is 0.257 e. The van der Waals surface area contributed by atoms with Crippen molar-refractivity contribution in [2.24, 2.45) is 5.92 Å². The van der Waals surface area contributed by atoms with E-state index in [1.165, 1.54) is 11.8 Å². The molecule has 1 aliphatic heterocycles. The number of carbonyl (C=O) groups is 1. The van der Waals surface area contributed by atoms with Gasteiger partial charge < -0.3 is 4.90 Å². The second-order valence-corrected chi connectivity index (χ2v) is 7.59. The maximum Gasteiger partial charge on any atom is 0.257 e. The zero-order valence-electron chi connectivity index (χ0n) is 15.8. The van der Waals surface area contributed by atoms with Gasteiger partial charge in [0, 0.05) is 35.8 Å². The molecule has 0 aliphatic carbocycles. The van der Waals surface area contributed by atoms with E-state index in [0.29, 0.717) is 25.3 Å². The third kappa shape index (κ3) is 3.30. The first-order valence-corrected chi connectivity index (χ1v) is 10.1. The average Bonchev–Trinajstić information content (AvgIpc) is 2.64. The average molecular weight is 372 g/mol. The standard InChI is InChI=1S/C20H25N3O2S/c1-5-16-14(4)21-20-23(19(16)25)11-15(12-26-20)18(24)22(6-2)17-10-8-7-9-13(17)3/h7-10,15H,5-6,11-12H2,1-4H3. The van der Waals surface area contributed by atoms with Crippen LogP contribution in [0.3, 0.4) is 0 Å². The summed E-state index contributed by atoms with van der Waals surface area (Å²) in [5, 5.41) is 0.729. The summed E-state index contributed by atoms with van der Waals surface area (Å²) < 4.78 is 1.69. The van der Waals surface area contributed by atoms with Crippen molar-refractivity contribution < 1.29 is 4.79 Å². The molecule has 26 heavy (non-hydrogen) atoms. The Morgan fingerprint density at radius 1 is 1.31 bits per heavy atom. The highest BCUT2D eigenvalue weighted by atomic mass is 32.2. The fourth-order valence-corrected chi connectivity index (χ4v) is 4.60. The number of hydrogen-bond acceptors (Lipinski definition) is 4. The van der Waals surface area contributed by atoms with Crippen LogP contribution in [0, 0.1) is 19.8 Å². The van der Waals surface area contributed by atoms with Gasteiger partial charge in [0.1, 0.15) is 0 Å². The maximum atomic E-state index is 13.2. The first-order chi connectivity index (χ1) is 12.5. The van der Waals surface area contributed by atoms with Gasteiger partial charge in [-0.15, -0.1) is 0 Å². The van der Waals surface area contributed by atoms with Crippen molar-refractivity contribution in [3.8, 4) is 0 Å². The van der Waals surface area contributed by atoms with Crippen LogP contribution in [0.15, 0.2) is 34.2 Å². The summed E-state index contributed by atoms with van der Waals surface area (Å²) in [4.78, 5) is 32.4. The van der Waals surface area contributed by atoms with E-state index in [0.717, 1.165) is 27.7 Å². The molecule has 138 valence electrons. The van der Waals surface area contributed by atoms with E-state index in [1.807, 2.05) is 56.9 Å². The van der Waals surface area contributed by atoms with Crippen molar-refractivity contribution in [3.05, 3.63) is 51.4 Å². The first kappa shape index (κ1) is 18.7. The Morgan fingerprint density at radius 3 is 2.69 bits per heavy atom. The van der Waals surface area contributed by atoms with Crippen LogP contribution in [-0.2, 0) is 17.8 Å². The molecule has 6 heteroatoms. The lowest BCUT2D eigenvalue weighted by atomic mass is 10.1. The summed E-state index contributed by atoms with van der Waals surface area (Å²) in [6, 6.07) is 7.92. The number of anilines is 1. The second-order valence-electron chi connectivity index (χ2n) is 6.60. The number of benzene rings is 1. The lowest BCUT2D eigenvalue weighted by Crippen LogP contribution is -2.43. The highest BCUT2D eigenvalue weighted by Gasteiger charge is 2.31. The molecule has 0 saturated carbocycles. The number of hydrogen-bond donors (Lipinski definition) is 0. The molecule has 0 saturated heterocycles. The van der Waals surface area contributed by atoms with Crippen LogP contribution in [0.25, 0.3) is 0 Å². The number of aromatic nitrogens is 2. The number of aryl methyl sites for hydroxylation is 2. The van der Waals surface area contributed by atoms with Gasteiger partial charge in [0.15, 0.2) is 5.16 Å². The summed E-state index contributed by atoms with van der Waals surface area (Å²) >= 11 is 1.50. The van der Waals surface area contributed by atoms with E-state index in [9.17, 15) is 9.59 Å². The van der Waals surface area contributed by atoms with E-state index in [-0.39, 0.29) is 17.4 Å². The Morgan fingerprint density at radius 2 is 2.04 bits per heavy atom. The van der Waals surface area contributed by atoms with E-state index in [2.05, 4.69) is 4.98 Å². The van der Waals surface area contributed by atoms with Crippen molar-refractivity contribution in [2.45, 2.75) is 45.8 Å². The summed E-state index contributed by atoms with van der Waals surface area (Å²) in [6.45, 7) is 8.87. The molecule has 1 atom stereocenters. The Balaban J connectivity index is 1.91. The monoisotopic (exact) mass is 371 g/mol. The number of amides is 1. The summed E-state index contributed by atoms with van der Waals surface area (Å²) in [6.07, 6.45) is 0.658. The molecule has 0 N–H and O–H groups in total. The lowest BCUT2D eigenvalue weighted by molar-refractivity contribution is -0.122. The molecule has 2 heterocycles. The molecular weight excluding hydrogens is 346 g/mol. The Labute approximate surface area is 158 Å². The number of rotatable bonds is 4. The van der Waals surface area contributed by atoms with Gasteiger partial charge in [-0.3, -0.25) is 14.2 Å². The zero-order valence-corrected chi connectivity index (χ0v) is 16.6. The summed E-state index contributed by atoms with van der Waals surface area (Å²) in [5.74, 6) is 0.503. The van der Waals surface area contributed by atoms with Crippen molar-refractivity contribution in [1.29, 1.82) is 0 Å². The van der Waals surface area contributed by atoms with E-state index in [1.54, 1.807) is 4.57 Å². The molecule has 1 unspecified atom stereocenters. The largest absolute Gasteiger partial charge is 0.312 e. The maximum absolute atomic E-state index is 13.2. The molecular formula is C20H25N3O2S. The Kier molecular flexibility index (Phi) is 5.51. The third-order valence-corrected chi connectivity index (χ3v) is 6.08. The summed E-state index contributed by atoms with van der Waals surface area (Å²) in [5.41, 5.74) is 3.57. The number of carbonyl (C=O) groups excluding carboxylic acids is 1. The van der Waals surface area contributed by atoms with Crippen LogP contribution < -0.4 is 10.5 Å². The molecule has 0 fully saturated rings. The predicted octanol–water partition coefficient (Wildman–Crippen LogP) is 3.20. The molecule has 5 nitrogen and oxygen atoms in total. The van der Waals surface area contributed by atoms with E-state index < -0.39 is 0 Å². The van der Waals surface area contributed by atoms with Gasteiger partial charge in [0.25, 0.3) is 5.56 Å². The number of thioether (sulfide) groups is 1. The number of fused-ring (bicyclic) bond motifs is 1. The third-order valence-electron chi connectivity index (χ3n) is 4.94. The molecule has 1 aromatic carbocycles. The van der Waals surface area contributed by atoms with E-state index in [4.69, 9.17) is 0 Å². The Hall–Kier alpha value is -2.08. The molecule has 1 aliphatic rings. The van der Waals surface area contributed by atoms with Crippen LogP contribution in [0.5, 0.6) is 0 Å². The van der Waals surface area contributed by atoms with Crippen molar-refractivity contribution >= 4 is 23.4 Å². The van der Waals surface area contributed by atoms with Crippen LogP contribution >= 0.6 is 11.8 Å². The number of para-hydroxylation sites is 1. The predicted molar refractivity (Wildman–Crippen MR) is 106 cm³/mol. The topological polar surface area (TPSA) is 55.2 Å². The highest BCUT2D eigenvalue weighted by Crippen LogP contribution is 2.29. The number of nitrogens with zero attached hydrogens (tertiary/aromatic N) is 3. The molecule has 1 amide bonds. The summed E-state index contributed by atoms with van der Waals surface area (Å²) in [7, 11) is 0. The minimum atomic E-state index is -0.223. The van der Waals surface area contributed by atoms with Gasteiger partial charge in [0.05, 0.1) is 5.92 Å².